The molecule has 0 radical (unpaired) electrons. The molecule has 0 aliphatic rings. The van der Waals surface area contributed by atoms with Gasteiger partial charge < -0.3 is 10.7 Å². The molecule has 0 aliphatic heterocycles. The van der Waals surface area contributed by atoms with Crippen LogP contribution < -0.4 is 11.4 Å². The first-order valence-corrected chi connectivity index (χ1v) is 10.8. The molecule has 1 atom stereocenters. The predicted molar refractivity (Wildman–Crippen MR) is 123 cm³/mol. The molecule has 4 rings (SSSR count). The Morgan fingerprint density at radius 3 is 2.33 bits per heavy atom. The molecule has 6 heteroatoms. The summed E-state index contributed by atoms with van der Waals surface area (Å²) in [7, 11) is 0. The monoisotopic (exact) mass is 405 g/mol. The van der Waals surface area contributed by atoms with Crippen LogP contribution in [0.2, 0.25) is 0 Å². The van der Waals surface area contributed by atoms with E-state index < -0.39 is 0 Å². The summed E-state index contributed by atoms with van der Waals surface area (Å²) in [6.07, 6.45) is 1.84. The molecule has 0 amide bonds. The fourth-order valence-electron chi connectivity index (χ4n) is 4.23. The molecule has 2 aromatic heterocycles. The lowest BCUT2D eigenvalue weighted by atomic mass is 10.0. The number of hydrogen-bond donors (Lipinski definition) is 2. The van der Waals surface area contributed by atoms with Crippen molar-refractivity contribution in [2.24, 2.45) is 11.7 Å². The molecule has 0 bridgehead atoms. The highest BCUT2D eigenvalue weighted by atomic mass is 16.1. The molecule has 2 aromatic carbocycles. The smallest absolute Gasteiger partial charge is 0.330 e. The third-order valence-electron chi connectivity index (χ3n) is 5.77. The van der Waals surface area contributed by atoms with Gasteiger partial charge in [-0.1, -0.05) is 32.0 Å². The Morgan fingerprint density at radius 1 is 1.00 bits per heavy atom. The molecule has 158 valence electrons. The molecule has 30 heavy (non-hydrogen) atoms. The molecule has 6 nitrogen and oxygen atoms in total. The van der Waals surface area contributed by atoms with Gasteiger partial charge in [-0.25, -0.2) is 9.78 Å². The first-order chi connectivity index (χ1) is 14.4. The number of imidazole rings is 2. The molecule has 1 unspecified atom stereocenters. The van der Waals surface area contributed by atoms with Crippen LogP contribution in [0.25, 0.3) is 22.1 Å². The van der Waals surface area contributed by atoms with Gasteiger partial charge in [-0.2, -0.15) is 0 Å². The number of nitrogens with two attached hydrogens (primary N) is 1. The number of hydrogen-bond acceptors (Lipinski definition) is 3. The average Bonchev–Trinajstić information content (AvgIpc) is 3.26. The van der Waals surface area contributed by atoms with E-state index >= 15 is 0 Å². The first-order valence-electron chi connectivity index (χ1n) is 10.8. The van der Waals surface area contributed by atoms with Gasteiger partial charge >= 0.3 is 5.69 Å². The van der Waals surface area contributed by atoms with Gasteiger partial charge in [-0.3, -0.25) is 9.13 Å². The minimum Gasteiger partial charge on any atom is -0.340 e. The van der Waals surface area contributed by atoms with Crippen LogP contribution in [0.5, 0.6) is 0 Å². The van der Waals surface area contributed by atoms with Crippen molar-refractivity contribution in [2.45, 2.75) is 59.2 Å². The molecule has 0 aliphatic carbocycles. The summed E-state index contributed by atoms with van der Waals surface area (Å²) >= 11 is 0. The second kappa shape index (κ2) is 8.11. The number of rotatable bonds is 7. The van der Waals surface area contributed by atoms with Crippen molar-refractivity contribution in [2.75, 3.05) is 0 Å². The van der Waals surface area contributed by atoms with E-state index in [1.54, 1.807) is 0 Å². The van der Waals surface area contributed by atoms with Crippen molar-refractivity contribution >= 4 is 22.1 Å². The van der Waals surface area contributed by atoms with Crippen LogP contribution in [-0.2, 0) is 6.54 Å². The van der Waals surface area contributed by atoms with E-state index in [2.05, 4.69) is 32.7 Å². The highest BCUT2D eigenvalue weighted by Gasteiger charge is 2.25. The molecule has 0 spiro atoms. The number of nitrogens with one attached hydrogen (secondary N) is 1. The largest absolute Gasteiger partial charge is 0.340 e. The van der Waals surface area contributed by atoms with Gasteiger partial charge in [0.2, 0.25) is 0 Å². The van der Waals surface area contributed by atoms with E-state index in [1.165, 1.54) is 0 Å². The van der Waals surface area contributed by atoms with Crippen LogP contribution in [0.15, 0.2) is 47.3 Å². The minimum atomic E-state index is -0.154. The Morgan fingerprint density at radius 2 is 1.70 bits per heavy atom. The van der Waals surface area contributed by atoms with Gasteiger partial charge in [0.05, 0.1) is 28.1 Å². The number of aromatic amines is 1. The fraction of sp³-hybridized carbons (Fsp3) is 0.417. The summed E-state index contributed by atoms with van der Waals surface area (Å²) in [5.74, 6) is 1.36. The molecule has 4 aromatic rings. The van der Waals surface area contributed by atoms with Crippen molar-refractivity contribution in [3.63, 3.8) is 0 Å². The van der Waals surface area contributed by atoms with E-state index in [-0.39, 0.29) is 17.8 Å². The number of fused-ring (bicyclic) bond motifs is 2. The molecule has 3 N–H and O–H groups in total. The number of benzene rings is 2. The van der Waals surface area contributed by atoms with E-state index in [9.17, 15) is 4.79 Å². The maximum atomic E-state index is 13.6. The second-order valence-electron chi connectivity index (χ2n) is 8.77. The third-order valence-corrected chi connectivity index (χ3v) is 5.77. The fourth-order valence-corrected chi connectivity index (χ4v) is 4.23. The Bertz CT molecular complexity index is 1230. The summed E-state index contributed by atoms with van der Waals surface area (Å²) in [6.45, 7) is 9.02. The van der Waals surface area contributed by atoms with Crippen molar-refractivity contribution in [1.29, 1.82) is 0 Å². The highest BCUT2D eigenvalue weighted by molar-refractivity contribution is 5.78. The van der Waals surface area contributed by atoms with Crippen molar-refractivity contribution in [1.82, 2.24) is 19.1 Å². The lowest BCUT2D eigenvalue weighted by molar-refractivity contribution is 0.438. The zero-order valence-electron chi connectivity index (χ0n) is 18.2. The Labute approximate surface area is 176 Å². The van der Waals surface area contributed by atoms with Gasteiger partial charge in [-0.05, 0) is 62.4 Å². The summed E-state index contributed by atoms with van der Waals surface area (Å²) < 4.78 is 3.81. The zero-order valence-corrected chi connectivity index (χ0v) is 18.2. The Kier molecular flexibility index (Phi) is 5.52. The number of H-pyrrole nitrogens is 1. The SMILES string of the molecule is CC(C)CCC(c1nc2ccc(CN)cc2[nH]1)n1c(=O)n(C(C)C)c2ccccc21. The lowest BCUT2D eigenvalue weighted by Crippen LogP contribution is -2.29. The topological polar surface area (TPSA) is 81.6 Å². The molecule has 2 heterocycles. The Hall–Kier alpha value is -2.86. The summed E-state index contributed by atoms with van der Waals surface area (Å²) in [4.78, 5) is 21.9. The van der Waals surface area contributed by atoms with Gasteiger partial charge in [0, 0.05) is 12.6 Å². The van der Waals surface area contributed by atoms with Crippen LogP contribution in [-0.4, -0.2) is 19.1 Å². The van der Waals surface area contributed by atoms with Gasteiger partial charge in [-0.15, -0.1) is 0 Å². The van der Waals surface area contributed by atoms with Gasteiger partial charge in [0.1, 0.15) is 5.82 Å². The number of aromatic nitrogens is 4. The maximum Gasteiger partial charge on any atom is 0.330 e. The first kappa shape index (κ1) is 20.4. The summed E-state index contributed by atoms with van der Waals surface area (Å²) in [5.41, 5.74) is 10.7. The normalized spacial score (nSPS) is 13.2. The van der Waals surface area contributed by atoms with E-state index in [4.69, 9.17) is 10.7 Å². The maximum absolute atomic E-state index is 13.6. The van der Waals surface area contributed by atoms with E-state index in [0.717, 1.165) is 46.3 Å². The summed E-state index contributed by atoms with van der Waals surface area (Å²) in [5, 5.41) is 0. The Balaban J connectivity index is 1.93. The van der Waals surface area contributed by atoms with Crippen molar-refractivity contribution < 1.29 is 0 Å². The van der Waals surface area contributed by atoms with Crippen LogP contribution in [0.4, 0.5) is 0 Å². The standard InChI is InChI=1S/C24H31N5O/c1-15(2)9-12-22(23-26-18-11-10-17(14-25)13-19(18)27-23)29-21-8-6-5-7-20(21)28(16(3)4)24(29)30/h5-8,10-11,13,15-16,22H,9,12,14,25H2,1-4H3,(H,26,27). The zero-order chi connectivity index (χ0) is 21.4. The highest BCUT2D eigenvalue weighted by Crippen LogP contribution is 2.29. The van der Waals surface area contributed by atoms with Crippen molar-refractivity contribution in [3.8, 4) is 0 Å². The molecule has 0 fully saturated rings. The number of nitrogens with zero attached hydrogens (tertiary/aromatic N) is 3. The van der Waals surface area contributed by atoms with Crippen LogP contribution in [0, 0.1) is 5.92 Å². The number of para-hydroxylation sites is 2. The molecular formula is C24H31N5O. The van der Waals surface area contributed by atoms with Crippen LogP contribution in [0.3, 0.4) is 0 Å². The van der Waals surface area contributed by atoms with Crippen LogP contribution >= 0.6 is 0 Å². The van der Waals surface area contributed by atoms with Gasteiger partial charge in [0.25, 0.3) is 0 Å². The third kappa shape index (κ3) is 3.56. The molecule has 0 saturated heterocycles. The molecular weight excluding hydrogens is 374 g/mol. The summed E-state index contributed by atoms with van der Waals surface area (Å²) in [6, 6.07) is 14.0. The minimum absolute atomic E-state index is 0.0167. The predicted octanol–water partition coefficient (Wildman–Crippen LogP) is 4.74. The van der Waals surface area contributed by atoms with Crippen molar-refractivity contribution in [3.05, 3.63) is 64.3 Å². The lowest BCUT2D eigenvalue weighted by Gasteiger charge is -2.18. The quantitative estimate of drug-likeness (QED) is 0.466. The van der Waals surface area contributed by atoms with E-state index in [0.29, 0.717) is 12.5 Å². The van der Waals surface area contributed by atoms with Gasteiger partial charge in [0.15, 0.2) is 0 Å². The molecule has 0 saturated carbocycles. The second-order valence-corrected chi connectivity index (χ2v) is 8.77. The van der Waals surface area contributed by atoms with Crippen LogP contribution in [0.1, 0.15) is 64.0 Å². The van der Waals surface area contributed by atoms with E-state index in [1.807, 2.05) is 51.6 Å². The average molecular weight is 406 g/mol.